The first kappa shape index (κ1) is 16.1. The fourth-order valence-electron chi connectivity index (χ4n) is 2.04. The standard InChI is InChI=1S/C16H13ClFN5O/c17-13-6-4-11(5-7-13)9-19-15(24)10-23-21-16(20-22-23)12-2-1-3-14(18)8-12/h1-8H,9-10H2,(H,19,24). The van der Waals surface area contributed by atoms with Gasteiger partial charge in [-0.05, 0) is 35.0 Å². The summed E-state index contributed by atoms with van der Waals surface area (Å²) >= 11 is 5.81. The molecule has 1 N–H and O–H groups in total. The summed E-state index contributed by atoms with van der Waals surface area (Å²) in [6, 6.07) is 13.0. The second-order valence-corrected chi connectivity index (χ2v) is 5.49. The molecule has 0 aliphatic carbocycles. The van der Waals surface area contributed by atoms with E-state index < -0.39 is 0 Å². The number of nitrogens with zero attached hydrogens (tertiary/aromatic N) is 4. The molecule has 0 spiro atoms. The third kappa shape index (κ3) is 4.14. The molecule has 2 aromatic carbocycles. The molecule has 0 bridgehead atoms. The molecule has 0 fully saturated rings. The van der Waals surface area contributed by atoms with Crippen LogP contribution < -0.4 is 5.32 Å². The summed E-state index contributed by atoms with van der Waals surface area (Å²) in [5.74, 6) is -0.377. The Morgan fingerprint density at radius 1 is 1.21 bits per heavy atom. The van der Waals surface area contributed by atoms with E-state index in [-0.39, 0.29) is 24.1 Å². The van der Waals surface area contributed by atoms with Crippen molar-refractivity contribution >= 4 is 17.5 Å². The summed E-state index contributed by atoms with van der Waals surface area (Å²) < 4.78 is 13.2. The number of nitrogens with one attached hydrogen (secondary N) is 1. The Balaban J connectivity index is 1.58. The Morgan fingerprint density at radius 3 is 2.75 bits per heavy atom. The van der Waals surface area contributed by atoms with Crippen LogP contribution in [0.1, 0.15) is 5.56 Å². The van der Waals surface area contributed by atoms with E-state index in [4.69, 9.17) is 11.6 Å². The maximum atomic E-state index is 13.2. The van der Waals surface area contributed by atoms with Crippen molar-refractivity contribution < 1.29 is 9.18 Å². The summed E-state index contributed by atoms with van der Waals surface area (Å²) in [5, 5.41) is 15.1. The van der Waals surface area contributed by atoms with E-state index in [1.54, 1.807) is 24.3 Å². The highest BCUT2D eigenvalue weighted by atomic mass is 35.5. The monoisotopic (exact) mass is 345 g/mol. The van der Waals surface area contributed by atoms with E-state index in [1.165, 1.54) is 12.1 Å². The Kier molecular flexibility index (Phi) is 4.81. The molecule has 24 heavy (non-hydrogen) atoms. The van der Waals surface area contributed by atoms with E-state index >= 15 is 0 Å². The molecule has 0 aliphatic heterocycles. The van der Waals surface area contributed by atoms with Crippen molar-refractivity contribution in [1.82, 2.24) is 25.5 Å². The third-order valence-electron chi connectivity index (χ3n) is 3.22. The number of rotatable bonds is 5. The molecule has 6 nitrogen and oxygen atoms in total. The number of hydrogen-bond acceptors (Lipinski definition) is 4. The Bertz CT molecular complexity index is 850. The van der Waals surface area contributed by atoms with Crippen LogP contribution >= 0.6 is 11.6 Å². The van der Waals surface area contributed by atoms with Crippen LogP contribution in [0.3, 0.4) is 0 Å². The van der Waals surface area contributed by atoms with Gasteiger partial charge in [-0.15, -0.1) is 10.2 Å². The first-order valence-electron chi connectivity index (χ1n) is 7.15. The number of tetrazole rings is 1. The van der Waals surface area contributed by atoms with E-state index in [2.05, 4.69) is 20.7 Å². The second-order valence-electron chi connectivity index (χ2n) is 5.06. The van der Waals surface area contributed by atoms with Crippen molar-refractivity contribution in [1.29, 1.82) is 0 Å². The summed E-state index contributed by atoms with van der Waals surface area (Å²) in [6.07, 6.45) is 0. The number of aromatic nitrogens is 4. The lowest BCUT2D eigenvalue weighted by Gasteiger charge is -2.04. The molecule has 1 aromatic heterocycles. The zero-order valence-corrected chi connectivity index (χ0v) is 13.2. The molecule has 0 radical (unpaired) electrons. The number of amides is 1. The molecular formula is C16H13ClFN5O. The van der Waals surface area contributed by atoms with E-state index in [0.717, 1.165) is 10.4 Å². The largest absolute Gasteiger partial charge is 0.350 e. The van der Waals surface area contributed by atoms with Gasteiger partial charge in [0.25, 0.3) is 0 Å². The van der Waals surface area contributed by atoms with Gasteiger partial charge in [-0.25, -0.2) is 4.39 Å². The molecule has 122 valence electrons. The summed E-state index contributed by atoms with van der Waals surface area (Å²) in [5.41, 5.74) is 1.43. The van der Waals surface area contributed by atoms with Gasteiger partial charge in [-0.2, -0.15) is 4.80 Å². The predicted octanol–water partition coefficient (Wildman–Crippen LogP) is 2.45. The minimum atomic E-state index is -0.385. The molecule has 0 atom stereocenters. The lowest BCUT2D eigenvalue weighted by molar-refractivity contribution is -0.122. The highest BCUT2D eigenvalue weighted by Gasteiger charge is 2.09. The number of hydrogen-bond donors (Lipinski definition) is 1. The Labute approximate surface area is 142 Å². The van der Waals surface area contributed by atoms with Crippen LogP contribution in [0.4, 0.5) is 4.39 Å². The van der Waals surface area contributed by atoms with Gasteiger partial charge in [0.2, 0.25) is 11.7 Å². The van der Waals surface area contributed by atoms with E-state index in [0.29, 0.717) is 17.1 Å². The topological polar surface area (TPSA) is 72.7 Å². The maximum Gasteiger partial charge on any atom is 0.243 e. The SMILES string of the molecule is O=C(Cn1nnc(-c2cccc(F)c2)n1)NCc1ccc(Cl)cc1. The number of carbonyl (C=O) groups excluding carboxylic acids is 1. The van der Waals surface area contributed by atoms with Crippen molar-refractivity contribution in [3.05, 3.63) is 64.9 Å². The van der Waals surface area contributed by atoms with Crippen LogP contribution in [0.2, 0.25) is 5.02 Å². The molecule has 0 saturated heterocycles. The van der Waals surface area contributed by atoms with Crippen molar-refractivity contribution in [2.45, 2.75) is 13.1 Å². The first-order valence-corrected chi connectivity index (χ1v) is 7.53. The predicted molar refractivity (Wildman–Crippen MR) is 86.5 cm³/mol. The highest BCUT2D eigenvalue weighted by Crippen LogP contribution is 2.14. The fourth-order valence-corrected chi connectivity index (χ4v) is 2.17. The number of benzene rings is 2. The number of halogens is 2. The number of carbonyl (C=O) groups is 1. The van der Waals surface area contributed by atoms with Crippen molar-refractivity contribution in [2.75, 3.05) is 0 Å². The molecule has 0 saturated carbocycles. The Hall–Kier alpha value is -2.80. The molecule has 1 amide bonds. The van der Waals surface area contributed by atoms with Crippen LogP contribution in [-0.2, 0) is 17.9 Å². The van der Waals surface area contributed by atoms with Gasteiger partial charge < -0.3 is 5.32 Å². The van der Waals surface area contributed by atoms with Crippen LogP contribution in [-0.4, -0.2) is 26.1 Å². The van der Waals surface area contributed by atoms with Gasteiger partial charge >= 0.3 is 0 Å². The van der Waals surface area contributed by atoms with E-state index in [1.807, 2.05) is 12.1 Å². The quantitative estimate of drug-likeness (QED) is 0.771. The molecule has 0 unspecified atom stereocenters. The average Bonchev–Trinajstić information content (AvgIpc) is 3.03. The smallest absolute Gasteiger partial charge is 0.243 e. The molecule has 3 rings (SSSR count). The van der Waals surface area contributed by atoms with E-state index in [9.17, 15) is 9.18 Å². The third-order valence-corrected chi connectivity index (χ3v) is 3.48. The molecule has 1 heterocycles. The minimum absolute atomic E-state index is 0.0735. The minimum Gasteiger partial charge on any atom is -0.350 e. The summed E-state index contributed by atoms with van der Waals surface area (Å²) in [6.45, 7) is 0.303. The van der Waals surface area contributed by atoms with Gasteiger partial charge in [-0.1, -0.05) is 35.9 Å². The first-order chi connectivity index (χ1) is 11.6. The average molecular weight is 346 g/mol. The fraction of sp³-hybridized carbons (Fsp3) is 0.125. The van der Waals surface area contributed by atoms with Crippen LogP contribution in [0.25, 0.3) is 11.4 Å². The lowest BCUT2D eigenvalue weighted by Crippen LogP contribution is -2.28. The molecule has 8 heteroatoms. The Morgan fingerprint density at radius 2 is 2.00 bits per heavy atom. The summed E-state index contributed by atoms with van der Waals surface area (Å²) in [4.78, 5) is 13.1. The van der Waals surface area contributed by atoms with Gasteiger partial charge in [0.05, 0.1) is 0 Å². The lowest BCUT2D eigenvalue weighted by atomic mass is 10.2. The summed E-state index contributed by atoms with van der Waals surface area (Å²) in [7, 11) is 0. The molecule has 3 aromatic rings. The zero-order chi connectivity index (χ0) is 16.9. The van der Waals surface area contributed by atoms with Gasteiger partial charge in [0.1, 0.15) is 12.4 Å². The van der Waals surface area contributed by atoms with Crippen LogP contribution in [0, 0.1) is 5.82 Å². The van der Waals surface area contributed by atoms with Crippen molar-refractivity contribution in [3.63, 3.8) is 0 Å². The molecule has 0 aliphatic rings. The second kappa shape index (κ2) is 7.18. The molecular weight excluding hydrogens is 333 g/mol. The highest BCUT2D eigenvalue weighted by molar-refractivity contribution is 6.30. The maximum absolute atomic E-state index is 13.2. The van der Waals surface area contributed by atoms with Crippen molar-refractivity contribution in [3.8, 4) is 11.4 Å². The van der Waals surface area contributed by atoms with Gasteiger partial charge in [-0.3, -0.25) is 4.79 Å². The van der Waals surface area contributed by atoms with Gasteiger partial charge in [0, 0.05) is 17.1 Å². The van der Waals surface area contributed by atoms with Gasteiger partial charge in [0.15, 0.2) is 0 Å². The normalized spacial score (nSPS) is 10.6. The van der Waals surface area contributed by atoms with Crippen molar-refractivity contribution in [2.24, 2.45) is 0 Å². The zero-order valence-electron chi connectivity index (χ0n) is 12.5. The van der Waals surface area contributed by atoms with Crippen LogP contribution in [0.5, 0.6) is 0 Å². The van der Waals surface area contributed by atoms with Crippen LogP contribution in [0.15, 0.2) is 48.5 Å².